The predicted octanol–water partition coefficient (Wildman–Crippen LogP) is 3.73. The Morgan fingerprint density at radius 3 is 2.67 bits per heavy atom. The van der Waals surface area contributed by atoms with Crippen LogP contribution in [0.4, 0.5) is 5.69 Å². The minimum atomic E-state index is -0.280. The highest BCUT2D eigenvalue weighted by atomic mass is 35.5. The van der Waals surface area contributed by atoms with Crippen LogP contribution in [-0.4, -0.2) is 11.6 Å². The second-order valence-corrected chi connectivity index (χ2v) is 5.02. The number of hydrogen-bond acceptors (Lipinski definition) is 2. The summed E-state index contributed by atoms with van der Waals surface area (Å²) in [6.45, 7) is 1.83. The SMILES string of the molecule is CC1=NN(c2ccccc2)C(=O)[C@H]1CC=C(Cl)Cl. The third-order valence-electron chi connectivity index (χ3n) is 2.78. The molecule has 2 rings (SSSR count). The minimum absolute atomic E-state index is 0.0514. The zero-order chi connectivity index (χ0) is 13.1. The molecule has 0 bridgehead atoms. The standard InChI is InChI=1S/C13H12Cl2N2O/c1-9-11(7-8-12(14)15)13(18)17(16-9)10-5-3-2-4-6-10/h2-6,8,11H,7H2,1H3/t11-/m0/s1. The van der Waals surface area contributed by atoms with Crippen molar-refractivity contribution in [3.63, 3.8) is 0 Å². The van der Waals surface area contributed by atoms with Gasteiger partial charge in [0.05, 0.1) is 11.6 Å². The van der Waals surface area contributed by atoms with E-state index in [1.54, 1.807) is 6.08 Å². The lowest BCUT2D eigenvalue weighted by Gasteiger charge is -2.13. The van der Waals surface area contributed by atoms with Gasteiger partial charge in [0.15, 0.2) is 0 Å². The summed E-state index contributed by atoms with van der Waals surface area (Å²) in [6, 6.07) is 9.34. The molecular formula is C13H12Cl2N2O. The Bertz CT molecular complexity index is 507. The molecule has 18 heavy (non-hydrogen) atoms. The molecule has 0 fully saturated rings. The lowest BCUT2D eigenvalue weighted by atomic mass is 10.0. The van der Waals surface area contributed by atoms with Crippen LogP contribution in [0.5, 0.6) is 0 Å². The van der Waals surface area contributed by atoms with Crippen molar-refractivity contribution in [2.75, 3.05) is 5.01 Å². The molecule has 5 heteroatoms. The van der Waals surface area contributed by atoms with Crippen LogP contribution >= 0.6 is 23.2 Å². The number of hydrazone groups is 1. The van der Waals surface area contributed by atoms with Crippen LogP contribution in [0.25, 0.3) is 0 Å². The van der Waals surface area contributed by atoms with Crippen LogP contribution in [0.2, 0.25) is 0 Å². The highest BCUT2D eigenvalue weighted by Gasteiger charge is 2.33. The highest BCUT2D eigenvalue weighted by molar-refractivity contribution is 6.55. The van der Waals surface area contributed by atoms with Gasteiger partial charge in [-0.15, -0.1) is 0 Å². The molecule has 94 valence electrons. The third-order valence-corrected chi connectivity index (χ3v) is 3.09. The zero-order valence-electron chi connectivity index (χ0n) is 9.81. The van der Waals surface area contributed by atoms with Crippen molar-refractivity contribution in [2.45, 2.75) is 13.3 Å². The summed E-state index contributed by atoms with van der Waals surface area (Å²) in [6.07, 6.45) is 2.10. The molecule has 3 nitrogen and oxygen atoms in total. The fraction of sp³-hybridized carbons (Fsp3) is 0.231. The number of nitrogens with zero attached hydrogens (tertiary/aromatic N) is 2. The van der Waals surface area contributed by atoms with Crippen molar-refractivity contribution in [2.24, 2.45) is 11.0 Å². The molecule has 0 radical (unpaired) electrons. The van der Waals surface area contributed by atoms with Crippen LogP contribution in [0.15, 0.2) is 46.0 Å². The number of carbonyl (C=O) groups excluding carboxylic acids is 1. The van der Waals surface area contributed by atoms with Gasteiger partial charge in [0.1, 0.15) is 4.49 Å². The Kier molecular flexibility index (Phi) is 4.04. The van der Waals surface area contributed by atoms with Gasteiger partial charge in [-0.3, -0.25) is 4.79 Å². The number of benzene rings is 1. The van der Waals surface area contributed by atoms with Gasteiger partial charge in [0, 0.05) is 5.71 Å². The Labute approximate surface area is 116 Å². The molecule has 0 aliphatic carbocycles. The summed E-state index contributed by atoms with van der Waals surface area (Å²) in [5.41, 5.74) is 1.54. The summed E-state index contributed by atoms with van der Waals surface area (Å²) in [4.78, 5) is 12.2. The van der Waals surface area contributed by atoms with Crippen molar-refractivity contribution in [1.82, 2.24) is 0 Å². The van der Waals surface area contributed by atoms with Gasteiger partial charge in [-0.1, -0.05) is 47.5 Å². The molecule has 0 aromatic heterocycles. The molecule has 1 aliphatic rings. The van der Waals surface area contributed by atoms with Crippen LogP contribution in [0.1, 0.15) is 13.3 Å². The molecule has 1 aromatic rings. The molecule has 0 unspecified atom stereocenters. The van der Waals surface area contributed by atoms with Gasteiger partial charge in [-0.2, -0.15) is 5.10 Å². The van der Waals surface area contributed by atoms with Gasteiger partial charge in [0.2, 0.25) is 0 Å². The molecule has 0 saturated carbocycles. The smallest absolute Gasteiger partial charge is 0.256 e. The van der Waals surface area contributed by atoms with E-state index in [0.717, 1.165) is 11.4 Å². The topological polar surface area (TPSA) is 32.7 Å². The Morgan fingerprint density at radius 2 is 2.06 bits per heavy atom. The lowest BCUT2D eigenvalue weighted by molar-refractivity contribution is -0.119. The molecule has 1 amide bonds. The van der Waals surface area contributed by atoms with E-state index < -0.39 is 0 Å². The molecule has 0 spiro atoms. The first-order valence-corrected chi connectivity index (χ1v) is 6.30. The third kappa shape index (κ3) is 2.74. The van der Waals surface area contributed by atoms with Crippen LogP contribution in [-0.2, 0) is 4.79 Å². The first kappa shape index (κ1) is 13.1. The van der Waals surface area contributed by atoms with E-state index in [9.17, 15) is 4.79 Å². The van der Waals surface area contributed by atoms with Crippen molar-refractivity contribution in [3.05, 3.63) is 40.9 Å². The molecular weight excluding hydrogens is 271 g/mol. The normalized spacial score (nSPS) is 18.8. The van der Waals surface area contributed by atoms with Crippen LogP contribution in [0.3, 0.4) is 0 Å². The van der Waals surface area contributed by atoms with E-state index in [1.807, 2.05) is 37.3 Å². The average Bonchev–Trinajstić information content (AvgIpc) is 2.63. The zero-order valence-corrected chi connectivity index (χ0v) is 11.3. The first-order valence-electron chi connectivity index (χ1n) is 5.55. The number of halogens is 2. The number of hydrogen-bond donors (Lipinski definition) is 0. The van der Waals surface area contributed by atoms with Crippen molar-refractivity contribution < 1.29 is 4.79 Å². The van der Waals surface area contributed by atoms with Gasteiger partial charge in [-0.05, 0) is 25.5 Å². The number of carbonyl (C=O) groups is 1. The van der Waals surface area contributed by atoms with Gasteiger partial charge in [-0.25, -0.2) is 5.01 Å². The molecule has 0 N–H and O–H groups in total. The van der Waals surface area contributed by atoms with E-state index in [2.05, 4.69) is 5.10 Å². The fourth-order valence-electron chi connectivity index (χ4n) is 1.84. The van der Waals surface area contributed by atoms with E-state index in [0.29, 0.717) is 6.42 Å². The maximum Gasteiger partial charge on any atom is 0.256 e. The first-order chi connectivity index (χ1) is 8.59. The lowest BCUT2D eigenvalue weighted by Crippen LogP contribution is -2.26. The van der Waals surface area contributed by atoms with E-state index >= 15 is 0 Å². The molecule has 1 aromatic carbocycles. The van der Waals surface area contributed by atoms with Crippen LogP contribution in [0, 0.1) is 5.92 Å². The van der Waals surface area contributed by atoms with Gasteiger partial charge >= 0.3 is 0 Å². The number of anilines is 1. The fourth-order valence-corrected chi connectivity index (χ4v) is 2.01. The van der Waals surface area contributed by atoms with E-state index in [4.69, 9.17) is 23.2 Å². The summed E-state index contributed by atoms with van der Waals surface area (Å²) in [5.74, 6) is -0.331. The molecule has 0 saturated heterocycles. The molecule has 1 heterocycles. The molecule has 1 aliphatic heterocycles. The number of amides is 1. The van der Waals surface area contributed by atoms with Crippen molar-refractivity contribution >= 4 is 40.5 Å². The van der Waals surface area contributed by atoms with Crippen molar-refractivity contribution in [1.29, 1.82) is 0 Å². The minimum Gasteiger partial charge on any atom is -0.272 e. The second-order valence-electron chi connectivity index (χ2n) is 4.01. The highest BCUT2D eigenvalue weighted by Crippen LogP contribution is 2.26. The largest absolute Gasteiger partial charge is 0.272 e. The molecule has 1 atom stereocenters. The summed E-state index contributed by atoms with van der Waals surface area (Å²) < 4.78 is 0.175. The average molecular weight is 283 g/mol. The maximum atomic E-state index is 12.2. The second kappa shape index (κ2) is 5.55. The number of rotatable bonds is 3. The summed E-state index contributed by atoms with van der Waals surface area (Å²) in [5, 5.41) is 5.71. The monoisotopic (exact) mass is 282 g/mol. The summed E-state index contributed by atoms with van der Waals surface area (Å²) in [7, 11) is 0. The predicted molar refractivity (Wildman–Crippen MR) is 74.9 cm³/mol. The summed E-state index contributed by atoms with van der Waals surface area (Å²) >= 11 is 11.1. The maximum absolute atomic E-state index is 12.2. The van der Waals surface area contributed by atoms with Gasteiger partial charge < -0.3 is 0 Å². The Morgan fingerprint density at radius 1 is 1.39 bits per heavy atom. The van der Waals surface area contributed by atoms with E-state index in [-0.39, 0.29) is 16.3 Å². The quantitative estimate of drug-likeness (QED) is 0.831. The van der Waals surface area contributed by atoms with Crippen molar-refractivity contribution in [3.8, 4) is 0 Å². The van der Waals surface area contributed by atoms with Gasteiger partial charge in [0.25, 0.3) is 5.91 Å². The van der Waals surface area contributed by atoms with Crippen LogP contribution < -0.4 is 5.01 Å². The van der Waals surface area contributed by atoms with E-state index in [1.165, 1.54) is 5.01 Å². The number of para-hydroxylation sites is 1. The Balaban J connectivity index is 2.19. The number of allylic oxidation sites excluding steroid dienone is 1. The Hall–Kier alpha value is -1.32.